The van der Waals surface area contributed by atoms with Gasteiger partial charge in [-0.05, 0) is 63.3 Å². The molecule has 2 aliphatic rings. The number of phenolic OH excluding ortho intramolecular Hbond substituents is 1. The van der Waals surface area contributed by atoms with E-state index in [1.54, 1.807) is 30.3 Å². The number of carbonyl (C=O) groups is 1. The molecule has 13 nitrogen and oxygen atoms in total. The SMILES string of the molecule is Cc1ccc(C(=O)Nc2ccc(Nc3nc(N4CCCCC4)nc(N4CCCC4)n3)cc2O)cc1.Cl.N.N.O.O.[HH].[HH].[HH].[HH]. The Balaban J connectivity index is -0.000000563. The van der Waals surface area contributed by atoms with Crippen molar-refractivity contribution in [3.05, 3.63) is 53.6 Å². The highest BCUT2D eigenvalue weighted by Crippen LogP contribution is 2.30. The number of nitrogens with zero attached hydrogens (tertiary/aromatic N) is 5. The number of phenols is 1. The minimum absolute atomic E-state index is 0. The van der Waals surface area contributed by atoms with Crippen LogP contribution in [0.25, 0.3) is 0 Å². The summed E-state index contributed by atoms with van der Waals surface area (Å²) < 4.78 is 0. The zero-order valence-electron chi connectivity index (χ0n) is 22.8. The molecule has 0 aliphatic carbocycles. The third-order valence-electron chi connectivity index (χ3n) is 6.46. The summed E-state index contributed by atoms with van der Waals surface area (Å²) in [6, 6.07) is 12.3. The maximum absolute atomic E-state index is 12.5. The number of rotatable bonds is 6. The number of aromatic nitrogens is 3. The monoisotopic (exact) mass is 587 g/mol. The lowest BCUT2D eigenvalue weighted by Crippen LogP contribution is -2.32. The van der Waals surface area contributed by atoms with Crippen molar-refractivity contribution < 1.29 is 26.6 Å². The first-order valence-electron chi connectivity index (χ1n) is 12.3. The molecule has 0 atom stereocenters. The first-order chi connectivity index (χ1) is 17.0. The predicted molar refractivity (Wildman–Crippen MR) is 171 cm³/mol. The van der Waals surface area contributed by atoms with Crippen LogP contribution in [0.15, 0.2) is 42.5 Å². The quantitative estimate of drug-likeness (QED) is 0.252. The van der Waals surface area contributed by atoms with E-state index in [0.717, 1.165) is 57.4 Å². The molecule has 0 saturated carbocycles. The molecule has 13 N–H and O–H groups in total. The van der Waals surface area contributed by atoms with Crippen LogP contribution in [0, 0.1) is 6.92 Å². The number of hydrogen-bond acceptors (Lipinski definition) is 10. The summed E-state index contributed by atoms with van der Waals surface area (Å²) in [5, 5.41) is 16.6. The van der Waals surface area contributed by atoms with Crippen LogP contribution in [0.4, 0.5) is 29.2 Å². The fourth-order valence-electron chi connectivity index (χ4n) is 4.45. The van der Waals surface area contributed by atoms with Gasteiger partial charge in [0, 0.05) is 49.2 Å². The van der Waals surface area contributed by atoms with Crippen molar-refractivity contribution in [2.45, 2.75) is 39.0 Å². The summed E-state index contributed by atoms with van der Waals surface area (Å²) in [4.78, 5) is 31.1. The molecule has 14 heteroatoms. The Kier molecular flexibility index (Phi) is 14.8. The van der Waals surface area contributed by atoms with E-state index in [-0.39, 0.29) is 53.0 Å². The molecule has 0 bridgehead atoms. The van der Waals surface area contributed by atoms with E-state index in [0.29, 0.717) is 34.8 Å². The first-order valence-corrected chi connectivity index (χ1v) is 12.3. The molecule has 3 aromatic rings. The van der Waals surface area contributed by atoms with Gasteiger partial charge < -0.3 is 48.8 Å². The molecule has 2 saturated heterocycles. The maximum Gasteiger partial charge on any atom is 0.255 e. The fraction of sp³-hybridized carbons (Fsp3) is 0.385. The highest BCUT2D eigenvalue weighted by atomic mass is 35.5. The smallest absolute Gasteiger partial charge is 0.255 e. The Morgan fingerprint density at radius 3 is 1.88 bits per heavy atom. The summed E-state index contributed by atoms with van der Waals surface area (Å²) >= 11 is 0. The lowest BCUT2D eigenvalue weighted by molar-refractivity contribution is 0.102. The van der Waals surface area contributed by atoms with Gasteiger partial charge in [-0.25, -0.2) is 0 Å². The van der Waals surface area contributed by atoms with Crippen LogP contribution < -0.4 is 32.7 Å². The minimum Gasteiger partial charge on any atom is -0.506 e. The molecule has 0 spiro atoms. The normalized spacial score (nSPS) is 13.8. The van der Waals surface area contributed by atoms with Gasteiger partial charge in [0.05, 0.1) is 5.69 Å². The molecule has 230 valence electrons. The summed E-state index contributed by atoms with van der Waals surface area (Å²) in [6.07, 6.45) is 5.78. The van der Waals surface area contributed by atoms with E-state index < -0.39 is 0 Å². The van der Waals surface area contributed by atoms with Crippen molar-refractivity contribution >= 4 is 47.5 Å². The number of aryl methyl sites for hydroxylation is 1. The number of benzene rings is 2. The zero-order valence-corrected chi connectivity index (χ0v) is 23.6. The molecule has 0 radical (unpaired) electrons. The lowest BCUT2D eigenvalue weighted by atomic mass is 10.1. The third-order valence-corrected chi connectivity index (χ3v) is 6.46. The average molecular weight is 588 g/mol. The van der Waals surface area contributed by atoms with Crippen molar-refractivity contribution in [1.29, 1.82) is 0 Å². The second kappa shape index (κ2) is 16.4. The molecular formula is C26H50ClN9O4. The second-order valence-corrected chi connectivity index (χ2v) is 9.18. The maximum atomic E-state index is 12.5. The van der Waals surface area contributed by atoms with Crippen molar-refractivity contribution in [3.8, 4) is 5.75 Å². The Morgan fingerprint density at radius 1 is 0.825 bits per heavy atom. The van der Waals surface area contributed by atoms with Crippen LogP contribution >= 0.6 is 12.4 Å². The van der Waals surface area contributed by atoms with Crippen molar-refractivity contribution in [2.24, 2.45) is 0 Å². The summed E-state index contributed by atoms with van der Waals surface area (Å²) in [7, 11) is 0. The van der Waals surface area contributed by atoms with E-state index in [9.17, 15) is 9.90 Å². The van der Waals surface area contributed by atoms with Crippen LogP contribution in [0.1, 0.15) is 53.7 Å². The van der Waals surface area contributed by atoms with Crippen LogP contribution in [-0.2, 0) is 0 Å². The van der Waals surface area contributed by atoms with Crippen LogP contribution in [0.2, 0.25) is 0 Å². The minimum atomic E-state index is -0.278. The number of piperidine rings is 1. The highest BCUT2D eigenvalue weighted by Gasteiger charge is 2.21. The molecule has 5 rings (SSSR count). The van der Waals surface area contributed by atoms with E-state index in [4.69, 9.17) is 4.98 Å². The fourth-order valence-corrected chi connectivity index (χ4v) is 4.45. The molecule has 1 aromatic heterocycles. The van der Waals surface area contributed by atoms with E-state index in [2.05, 4.69) is 30.4 Å². The summed E-state index contributed by atoms with van der Waals surface area (Å²) in [5.41, 5.74) is 2.57. The van der Waals surface area contributed by atoms with Gasteiger partial charge in [0.15, 0.2) is 0 Å². The van der Waals surface area contributed by atoms with Gasteiger partial charge in [-0.1, -0.05) is 17.7 Å². The number of hydrogen-bond donors (Lipinski definition) is 5. The Hall–Kier alpha value is -3.75. The predicted octanol–water partition coefficient (Wildman–Crippen LogP) is 4.55. The van der Waals surface area contributed by atoms with Crippen LogP contribution in [0.5, 0.6) is 5.75 Å². The van der Waals surface area contributed by atoms with Gasteiger partial charge in [-0.15, -0.1) is 12.4 Å². The molecular weight excluding hydrogens is 538 g/mol. The van der Waals surface area contributed by atoms with E-state index in [1.807, 2.05) is 19.1 Å². The molecule has 40 heavy (non-hydrogen) atoms. The van der Waals surface area contributed by atoms with Crippen molar-refractivity contribution in [2.75, 3.05) is 46.6 Å². The van der Waals surface area contributed by atoms with Gasteiger partial charge in [0.25, 0.3) is 5.91 Å². The largest absolute Gasteiger partial charge is 0.506 e. The van der Waals surface area contributed by atoms with Crippen molar-refractivity contribution in [1.82, 2.24) is 27.3 Å². The van der Waals surface area contributed by atoms with Gasteiger partial charge in [-0.3, -0.25) is 4.79 Å². The number of amides is 1. The molecule has 3 heterocycles. The van der Waals surface area contributed by atoms with Gasteiger partial charge in [-0.2, -0.15) is 15.0 Å². The lowest BCUT2D eigenvalue weighted by Gasteiger charge is -2.27. The summed E-state index contributed by atoms with van der Waals surface area (Å²) in [5.74, 6) is 1.50. The van der Waals surface area contributed by atoms with Gasteiger partial charge >= 0.3 is 0 Å². The van der Waals surface area contributed by atoms with Crippen LogP contribution in [0.3, 0.4) is 0 Å². The molecule has 0 unspecified atom stereocenters. The Bertz CT molecular complexity index is 1220. The summed E-state index contributed by atoms with van der Waals surface area (Å²) in [6.45, 7) is 5.74. The molecule has 2 aromatic carbocycles. The molecule has 1 amide bonds. The Morgan fingerprint density at radius 2 is 1.35 bits per heavy atom. The average Bonchev–Trinajstić information content (AvgIpc) is 3.42. The van der Waals surface area contributed by atoms with E-state index in [1.165, 1.54) is 6.42 Å². The molecule has 2 aliphatic heterocycles. The highest BCUT2D eigenvalue weighted by molar-refractivity contribution is 6.05. The van der Waals surface area contributed by atoms with Crippen LogP contribution in [-0.4, -0.2) is 63.1 Å². The number of nitrogens with one attached hydrogen (secondary N) is 2. The van der Waals surface area contributed by atoms with Crippen molar-refractivity contribution in [3.63, 3.8) is 0 Å². The number of aromatic hydroxyl groups is 1. The van der Waals surface area contributed by atoms with Gasteiger partial charge in [0.1, 0.15) is 5.75 Å². The number of carbonyl (C=O) groups excluding carboxylic acids is 1. The second-order valence-electron chi connectivity index (χ2n) is 9.18. The molecule has 2 fully saturated rings. The Labute approximate surface area is 246 Å². The zero-order chi connectivity index (χ0) is 24.2. The number of anilines is 5. The standard InChI is InChI=1S/C26H31N7O2.ClH.2H3N.2H2O.4H2/c1-18-7-9-19(10-8-18)23(35)28-21-12-11-20(17-22(21)34)27-24-29-25(32-13-3-2-4-14-32)31-26(30-24)33-15-5-6-16-33;;;;;;;;;/h7-12,17,34H,2-6,13-16H2,1H3,(H,28,35)(H,27,29,30,31);1H;2*1H3;2*1H2;4*1H. The third kappa shape index (κ3) is 8.63. The first kappa shape index (κ1) is 36.2. The van der Waals surface area contributed by atoms with E-state index >= 15 is 0 Å². The topological polar surface area (TPSA) is 240 Å². The number of halogens is 1. The van der Waals surface area contributed by atoms with Gasteiger partial charge in [0.2, 0.25) is 17.8 Å².